The molecule has 0 amide bonds. The van der Waals surface area contributed by atoms with E-state index in [1.165, 1.54) is 0 Å². The molecule has 0 bridgehead atoms. The highest BCUT2D eigenvalue weighted by molar-refractivity contribution is 5.40. The summed E-state index contributed by atoms with van der Waals surface area (Å²) in [5.74, 6) is 1.59. The van der Waals surface area contributed by atoms with Crippen molar-refractivity contribution in [3.05, 3.63) is 24.0 Å². The van der Waals surface area contributed by atoms with E-state index in [1.807, 2.05) is 16.8 Å². The van der Waals surface area contributed by atoms with Gasteiger partial charge in [-0.05, 0) is 32.1 Å². The molecule has 4 N–H and O–H groups in total. The monoisotopic (exact) mass is 288 g/mol. The summed E-state index contributed by atoms with van der Waals surface area (Å²) in [6, 6.07) is 5.10. The average Bonchev–Trinajstić information content (AvgIpc) is 2.97. The molecular weight excluding hydrogens is 262 g/mol. The van der Waals surface area contributed by atoms with Crippen LogP contribution in [-0.4, -0.2) is 22.2 Å². The van der Waals surface area contributed by atoms with Crippen LogP contribution in [0.15, 0.2) is 18.3 Å². The molecule has 3 rings (SSSR count). The first-order chi connectivity index (χ1) is 10.2. The van der Waals surface area contributed by atoms with E-state index in [4.69, 9.17) is 10.7 Å². The molecule has 0 spiro atoms. The van der Waals surface area contributed by atoms with E-state index in [2.05, 4.69) is 30.3 Å². The molecule has 21 heavy (non-hydrogen) atoms. The van der Waals surface area contributed by atoms with Crippen LogP contribution in [0.5, 0.6) is 0 Å². The quantitative estimate of drug-likeness (QED) is 0.756. The lowest BCUT2D eigenvalue weighted by Crippen LogP contribution is -2.37. The molecule has 1 saturated carbocycles. The number of nitrogens with two attached hydrogens (primary N) is 1. The largest absolute Gasteiger partial charge is 0.328 e. The number of H-pyrrole nitrogens is 1. The van der Waals surface area contributed by atoms with Gasteiger partial charge in [-0.3, -0.25) is 5.10 Å². The predicted octanol–water partition coefficient (Wildman–Crippen LogP) is 2.34. The fourth-order valence-electron chi connectivity index (χ4n) is 3.02. The zero-order valence-corrected chi connectivity index (χ0v) is 13.0. The van der Waals surface area contributed by atoms with Crippen molar-refractivity contribution in [3.8, 4) is 0 Å². The fraction of sp³-hybridized carbons (Fsp3) is 0.625. The van der Waals surface area contributed by atoms with Crippen LogP contribution in [0, 0.1) is 0 Å². The molecule has 2 aromatic heterocycles. The maximum Gasteiger partial charge on any atom is 0.286 e. The number of fused-ring (bicyclic) bond motifs is 1. The molecule has 5 nitrogen and oxygen atoms in total. The molecule has 1 aliphatic rings. The van der Waals surface area contributed by atoms with Crippen LogP contribution in [-0.2, 0) is 0 Å². The summed E-state index contributed by atoms with van der Waals surface area (Å²) >= 11 is 0. The van der Waals surface area contributed by atoms with Gasteiger partial charge in [0.15, 0.2) is 0 Å². The smallest absolute Gasteiger partial charge is 0.286 e. The molecule has 2 aromatic rings. The third kappa shape index (κ3) is 3.02. The average molecular weight is 288 g/mol. The second-order valence-electron chi connectivity index (χ2n) is 6.29. The molecule has 0 radical (unpaired) electrons. The summed E-state index contributed by atoms with van der Waals surface area (Å²) in [6.45, 7) is 4.44. The summed E-state index contributed by atoms with van der Waals surface area (Å²) in [5, 5.41) is 6.92. The second-order valence-corrected chi connectivity index (χ2v) is 6.29. The Balaban J connectivity index is 1.87. The molecule has 114 valence electrons. The highest BCUT2D eigenvalue weighted by Crippen LogP contribution is 2.22. The molecule has 0 aliphatic heterocycles. The van der Waals surface area contributed by atoms with Crippen LogP contribution in [0.1, 0.15) is 57.6 Å². The van der Waals surface area contributed by atoms with Gasteiger partial charge in [-0.15, -0.1) is 9.50 Å². The minimum atomic E-state index is 0.384. The van der Waals surface area contributed by atoms with Gasteiger partial charge in [0, 0.05) is 24.2 Å². The number of hydrogen-bond donors (Lipinski definition) is 3. The number of aromatic nitrogens is 3. The maximum absolute atomic E-state index is 6.00. The lowest BCUT2D eigenvalue weighted by Gasteiger charge is -2.25. The Hall–Kier alpha value is -1.62. The number of rotatable bonds is 4. The van der Waals surface area contributed by atoms with Crippen LogP contribution < -0.4 is 15.6 Å². The third-order valence-corrected chi connectivity index (χ3v) is 4.68. The molecule has 0 aromatic carbocycles. The van der Waals surface area contributed by atoms with Crippen molar-refractivity contribution in [3.63, 3.8) is 0 Å². The van der Waals surface area contributed by atoms with Gasteiger partial charge in [0.2, 0.25) is 5.82 Å². The first-order valence-corrected chi connectivity index (χ1v) is 8.09. The Morgan fingerprint density at radius 3 is 2.90 bits per heavy atom. The normalized spacial score (nSPS) is 24.1. The zero-order valence-electron chi connectivity index (χ0n) is 13.0. The van der Waals surface area contributed by atoms with Gasteiger partial charge in [0.1, 0.15) is 5.69 Å². The van der Waals surface area contributed by atoms with Crippen LogP contribution in [0.4, 0.5) is 5.82 Å². The number of nitrogens with one attached hydrogen (secondary N) is 2. The van der Waals surface area contributed by atoms with Crippen LogP contribution in [0.25, 0.3) is 5.65 Å². The number of nitrogens with zero attached hydrogens (tertiary/aromatic N) is 2. The van der Waals surface area contributed by atoms with Gasteiger partial charge in [-0.2, -0.15) is 0 Å². The van der Waals surface area contributed by atoms with E-state index in [0.717, 1.165) is 49.3 Å². The Morgan fingerprint density at radius 1 is 1.43 bits per heavy atom. The SMILES string of the molecule is CCC(C)c1cc(NC2CCC(N)CC2)[n+]2[nH]ccc2n1. The highest BCUT2D eigenvalue weighted by Gasteiger charge is 2.24. The van der Waals surface area contributed by atoms with E-state index in [1.54, 1.807) is 0 Å². The minimum Gasteiger partial charge on any atom is -0.328 e. The van der Waals surface area contributed by atoms with E-state index in [9.17, 15) is 0 Å². The number of hydrogen-bond acceptors (Lipinski definition) is 3. The van der Waals surface area contributed by atoms with Gasteiger partial charge in [-0.1, -0.05) is 13.8 Å². The second kappa shape index (κ2) is 6.02. The van der Waals surface area contributed by atoms with E-state index in [-0.39, 0.29) is 0 Å². The fourth-order valence-corrected chi connectivity index (χ4v) is 3.02. The first-order valence-electron chi connectivity index (χ1n) is 8.09. The first kappa shape index (κ1) is 14.3. The van der Waals surface area contributed by atoms with Crippen molar-refractivity contribution in [2.75, 3.05) is 5.32 Å². The summed E-state index contributed by atoms with van der Waals surface area (Å²) in [7, 11) is 0. The topological polar surface area (TPSA) is 70.8 Å². The minimum absolute atomic E-state index is 0.384. The molecule has 2 heterocycles. The van der Waals surface area contributed by atoms with Crippen LogP contribution in [0.3, 0.4) is 0 Å². The lowest BCUT2D eigenvalue weighted by atomic mass is 9.92. The Bertz CT molecular complexity index is 598. The van der Waals surface area contributed by atoms with E-state index >= 15 is 0 Å². The van der Waals surface area contributed by atoms with Crippen molar-refractivity contribution in [2.45, 2.75) is 64.0 Å². The summed E-state index contributed by atoms with van der Waals surface area (Å²) < 4.78 is 2.03. The summed E-state index contributed by atoms with van der Waals surface area (Å²) in [5.41, 5.74) is 8.13. The van der Waals surface area contributed by atoms with Crippen LogP contribution in [0.2, 0.25) is 0 Å². The molecular formula is C16H26N5+. The van der Waals surface area contributed by atoms with Gasteiger partial charge in [0.05, 0.1) is 12.1 Å². The van der Waals surface area contributed by atoms with Gasteiger partial charge in [-0.25, -0.2) is 0 Å². The molecule has 5 heteroatoms. The van der Waals surface area contributed by atoms with Crippen molar-refractivity contribution in [1.82, 2.24) is 10.1 Å². The number of aromatic amines is 1. The van der Waals surface area contributed by atoms with Gasteiger partial charge >= 0.3 is 0 Å². The molecule has 1 aliphatic carbocycles. The molecule has 1 unspecified atom stereocenters. The molecule has 0 saturated heterocycles. The zero-order chi connectivity index (χ0) is 14.8. The van der Waals surface area contributed by atoms with Gasteiger partial charge < -0.3 is 11.1 Å². The summed E-state index contributed by atoms with van der Waals surface area (Å²) in [6.07, 6.45) is 7.55. The highest BCUT2D eigenvalue weighted by atomic mass is 15.3. The van der Waals surface area contributed by atoms with Crippen molar-refractivity contribution in [1.29, 1.82) is 0 Å². The third-order valence-electron chi connectivity index (χ3n) is 4.68. The van der Waals surface area contributed by atoms with Crippen molar-refractivity contribution >= 4 is 11.5 Å². The summed E-state index contributed by atoms with van der Waals surface area (Å²) in [4.78, 5) is 4.74. The molecule has 1 fully saturated rings. The Labute approximate surface area is 125 Å². The Morgan fingerprint density at radius 2 is 2.19 bits per heavy atom. The van der Waals surface area contributed by atoms with E-state index < -0.39 is 0 Å². The predicted molar refractivity (Wildman–Crippen MR) is 84.3 cm³/mol. The van der Waals surface area contributed by atoms with Gasteiger partial charge in [0.25, 0.3) is 5.65 Å². The van der Waals surface area contributed by atoms with Crippen molar-refractivity contribution < 1.29 is 4.52 Å². The lowest BCUT2D eigenvalue weighted by molar-refractivity contribution is -0.564. The number of anilines is 1. The maximum atomic E-state index is 6.00. The van der Waals surface area contributed by atoms with Crippen molar-refractivity contribution in [2.24, 2.45) is 5.73 Å². The Kier molecular flexibility index (Phi) is 4.10. The van der Waals surface area contributed by atoms with Crippen LogP contribution >= 0.6 is 0 Å². The van der Waals surface area contributed by atoms with E-state index in [0.29, 0.717) is 18.0 Å². The molecule has 1 atom stereocenters. The standard InChI is InChI=1S/C16H25N5/c1-3-11(2)14-10-16(21-15(20-14)8-9-18-21)19-13-6-4-12(17)5-7-13/h8-13H,3-7,17H2,1-2H3,(H,18,19,20)/p+1.